The predicted octanol–water partition coefficient (Wildman–Crippen LogP) is 4.42. The van der Waals surface area contributed by atoms with E-state index in [9.17, 15) is 0 Å². The van der Waals surface area contributed by atoms with E-state index < -0.39 is 0 Å². The van der Waals surface area contributed by atoms with Crippen LogP contribution >= 0.6 is 23.2 Å². The van der Waals surface area contributed by atoms with Gasteiger partial charge in [-0.15, -0.1) is 0 Å². The molecule has 0 aliphatic rings. The summed E-state index contributed by atoms with van der Waals surface area (Å²) in [5.74, 6) is 1.68. The van der Waals surface area contributed by atoms with Crippen molar-refractivity contribution in [2.24, 2.45) is 5.92 Å². The molecule has 18 heavy (non-hydrogen) atoms. The van der Waals surface area contributed by atoms with E-state index in [1.54, 1.807) is 24.5 Å². The van der Waals surface area contributed by atoms with Crippen LogP contribution in [0.25, 0.3) is 11.4 Å². The Hall–Kier alpha value is -1.19. The molecule has 2 rings (SSSR count). The summed E-state index contributed by atoms with van der Waals surface area (Å²) in [6.07, 6.45) is 3.43. The molecule has 2 aromatic rings. The van der Waals surface area contributed by atoms with E-state index >= 15 is 0 Å². The van der Waals surface area contributed by atoms with E-state index in [0.29, 0.717) is 28.3 Å². The van der Waals surface area contributed by atoms with Crippen molar-refractivity contribution >= 4 is 23.2 Å². The standard InChI is InChI=1S/C13H14Cl2N2O/c1-8(2)7-18-12-10(14)5-9(6-11(12)15)13-16-3-4-17-13/h3-6,8H,7H2,1-2H3,(H,16,17). The molecule has 0 bridgehead atoms. The normalized spacial score (nSPS) is 10.9. The van der Waals surface area contributed by atoms with Crippen molar-refractivity contribution < 1.29 is 4.74 Å². The largest absolute Gasteiger partial charge is 0.490 e. The van der Waals surface area contributed by atoms with Gasteiger partial charge in [-0.1, -0.05) is 37.0 Å². The third-order valence-corrected chi connectivity index (χ3v) is 2.89. The van der Waals surface area contributed by atoms with Gasteiger partial charge in [0.25, 0.3) is 0 Å². The first-order valence-corrected chi connectivity index (χ1v) is 6.45. The van der Waals surface area contributed by atoms with Crippen molar-refractivity contribution in [3.05, 3.63) is 34.6 Å². The summed E-state index contributed by atoms with van der Waals surface area (Å²) < 4.78 is 5.61. The number of aromatic nitrogens is 2. The Morgan fingerprint density at radius 3 is 2.44 bits per heavy atom. The van der Waals surface area contributed by atoms with Gasteiger partial charge in [0.2, 0.25) is 0 Å². The van der Waals surface area contributed by atoms with Crippen LogP contribution in [-0.4, -0.2) is 16.6 Å². The second kappa shape index (κ2) is 5.63. The molecule has 0 aliphatic carbocycles. The van der Waals surface area contributed by atoms with Crippen LogP contribution in [0.4, 0.5) is 0 Å². The average Bonchev–Trinajstić information content (AvgIpc) is 2.80. The van der Waals surface area contributed by atoms with Gasteiger partial charge in [0.05, 0.1) is 16.7 Å². The average molecular weight is 285 g/mol. The number of hydrogen-bond acceptors (Lipinski definition) is 2. The number of nitrogens with zero attached hydrogens (tertiary/aromatic N) is 1. The van der Waals surface area contributed by atoms with Gasteiger partial charge in [-0.2, -0.15) is 0 Å². The Morgan fingerprint density at radius 2 is 1.94 bits per heavy atom. The molecule has 96 valence electrons. The number of rotatable bonds is 4. The summed E-state index contributed by atoms with van der Waals surface area (Å²) in [6, 6.07) is 3.59. The Morgan fingerprint density at radius 1 is 1.28 bits per heavy atom. The summed E-state index contributed by atoms with van der Waals surface area (Å²) >= 11 is 12.4. The molecule has 0 spiro atoms. The number of benzene rings is 1. The quantitative estimate of drug-likeness (QED) is 0.903. The number of hydrogen-bond donors (Lipinski definition) is 1. The van der Waals surface area contributed by atoms with Crippen molar-refractivity contribution in [2.75, 3.05) is 6.61 Å². The van der Waals surface area contributed by atoms with Crippen LogP contribution < -0.4 is 4.74 Å². The highest BCUT2D eigenvalue weighted by molar-refractivity contribution is 6.37. The lowest BCUT2D eigenvalue weighted by Gasteiger charge is -2.12. The first-order chi connectivity index (χ1) is 8.58. The van der Waals surface area contributed by atoms with Crippen LogP contribution in [0.2, 0.25) is 10.0 Å². The zero-order valence-corrected chi connectivity index (χ0v) is 11.7. The van der Waals surface area contributed by atoms with E-state index in [-0.39, 0.29) is 0 Å². The van der Waals surface area contributed by atoms with Crippen molar-refractivity contribution in [2.45, 2.75) is 13.8 Å². The van der Waals surface area contributed by atoms with Gasteiger partial charge in [-0.3, -0.25) is 0 Å². The minimum Gasteiger partial charge on any atom is -0.490 e. The van der Waals surface area contributed by atoms with Crippen LogP contribution in [-0.2, 0) is 0 Å². The number of H-pyrrole nitrogens is 1. The second-order valence-electron chi connectivity index (χ2n) is 4.41. The zero-order chi connectivity index (χ0) is 13.1. The lowest BCUT2D eigenvalue weighted by molar-refractivity contribution is 0.271. The lowest BCUT2D eigenvalue weighted by Crippen LogP contribution is -2.05. The van der Waals surface area contributed by atoms with E-state index in [4.69, 9.17) is 27.9 Å². The molecule has 1 N–H and O–H groups in total. The summed E-state index contributed by atoms with van der Waals surface area (Å²) in [5, 5.41) is 0.990. The fourth-order valence-corrected chi connectivity index (χ4v) is 2.10. The number of nitrogens with one attached hydrogen (secondary N) is 1. The minimum absolute atomic E-state index is 0.418. The van der Waals surface area contributed by atoms with Crippen LogP contribution in [0.1, 0.15) is 13.8 Å². The number of imidazole rings is 1. The predicted molar refractivity (Wildman–Crippen MR) is 74.4 cm³/mol. The van der Waals surface area contributed by atoms with Crippen molar-refractivity contribution in [1.82, 2.24) is 9.97 Å². The van der Waals surface area contributed by atoms with Crippen molar-refractivity contribution in [3.8, 4) is 17.1 Å². The number of aromatic amines is 1. The lowest BCUT2D eigenvalue weighted by atomic mass is 10.2. The van der Waals surface area contributed by atoms with Crippen molar-refractivity contribution in [3.63, 3.8) is 0 Å². The molecule has 1 heterocycles. The molecular weight excluding hydrogens is 271 g/mol. The summed E-state index contributed by atoms with van der Waals surface area (Å²) in [5.41, 5.74) is 0.840. The van der Waals surface area contributed by atoms with Gasteiger partial charge >= 0.3 is 0 Å². The highest BCUT2D eigenvalue weighted by Crippen LogP contribution is 2.36. The molecule has 0 atom stereocenters. The second-order valence-corrected chi connectivity index (χ2v) is 5.23. The third-order valence-electron chi connectivity index (χ3n) is 2.33. The SMILES string of the molecule is CC(C)COc1c(Cl)cc(-c2ncc[nH]2)cc1Cl. The third kappa shape index (κ3) is 2.98. The maximum absolute atomic E-state index is 6.18. The molecule has 0 amide bonds. The molecule has 0 aliphatic heterocycles. The molecule has 3 nitrogen and oxygen atoms in total. The van der Waals surface area contributed by atoms with Crippen LogP contribution in [0.3, 0.4) is 0 Å². The molecule has 1 aromatic carbocycles. The highest BCUT2D eigenvalue weighted by Gasteiger charge is 2.12. The van der Waals surface area contributed by atoms with Crippen LogP contribution in [0, 0.1) is 5.92 Å². The first kappa shape index (κ1) is 13.2. The maximum atomic E-state index is 6.18. The van der Waals surface area contributed by atoms with Gasteiger partial charge in [0.1, 0.15) is 5.82 Å². The molecular formula is C13H14Cl2N2O. The van der Waals surface area contributed by atoms with E-state index in [0.717, 1.165) is 11.4 Å². The Bertz CT molecular complexity index is 501. The molecule has 5 heteroatoms. The van der Waals surface area contributed by atoms with E-state index in [1.807, 2.05) is 0 Å². The van der Waals surface area contributed by atoms with Gasteiger partial charge in [-0.25, -0.2) is 4.98 Å². The molecule has 0 radical (unpaired) electrons. The Labute approximate surface area is 116 Å². The van der Waals surface area contributed by atoms with E-state index in [1.165, 1.54) is 0 Å². The summed E-state index contributed by atoms with van der Waals surface area (Å²) in [6.45, 7) is 4.72. The summed E-state index contributed by atoms with van der Waals surface area (Å²) in [7, 11) is 0. The number of halogens is 2. The fraction of sp³-hybridized carbons (Fsp3) is 0.308. The Balaban J connectivity index is 2.29. The van der Waals surface area contributed by atoms with Gasteiger partial charge < -0.3 is 9.72 Å². The van der Waals surface area contributed by atoms with Gasteiger partial charge in [0, 0.05) is 18.0 Å². The maximum Gasteiger partial charge on any atom is 0.156 e. The first-order valence-electron chi connectivity index (χ1n) is 5.69. The fourth-order valence-electron chi connectivity index (χ4n) is 1.51. The molecule has 0 saturated carbocycles. The van der Waals surface area contributed by atoms with Crippen LogP contribution in [0.5, 0.6) is 5.75 Å². The smallest absolute Gasteiger partial charge is 0.156 e. The Kier molecular flexibility index (Phi) is 4.15. The van der Waals surface area contributed by atoms with Crippen LogP contribution in [0.15, 0.2) is 24.5 Å². The zero-order valence-electron chi connectivity index (χ0n) is 10.2. The van der Waals surface area contributed by atoms with E-state index in [2.05, 4.69) is 23.8 Å². The molecule has 1 aromatic heterocycles. The highest BCUT2D eigenvalue weighted by atomic mass is 35.5. The summed E-state index contributed by atoms with van der Waals surface area (Å²) in [4.78, 5) is 7.17. The van der Waals surface area contributed by atoms with Gasteiger partial charge in [-0.05, 0) is 18.1 Å². The molecule has 0 saturated heterocycles. The monoisotopic (exact) mass is 284 g/mol. The minimum atomic E-state index is 0.418. The van der Waals surface area contributed by atoms with Gasteiger partial charge in [0.15, 0.2) is 5.75 Å². The molecule has 0 fully saturated rings. The topological polar surface area (TPSA) is 37.9 Å². The van der Waals surface area contributed by atoms with Crippen molar-refractivity contribution in [1.29, 1.82) is 0 Å². The number of ether oxygens (including phenoxy) is 1. The molecule has 0 unspecified atom stereocenters.